The van der Waals surface area contributed by atoms with E-state index in [0.717, 1.165) is 12.2 Å². The van der Waals surface area contributed by atoms with Gasteiger partial charge >= 0.3 is 0 Å². The molecule has 1 aromatic heterocycles. The van der Waals surface area contributed by atoms with Gasteiger partial charge in [0.25, 0.3) is 0 Å². The highest BCUT2D eigenvalue weighted by Crippen LogP contribution is 2.34. The molecule has 2 saturated heterocycles. The monoisotopic (exact) mass is 221 g/mol. The minimum Gasteiger partial charge on any atom is -0.469 e. The molecule has 2 aliphatic heterocycles. The fraction of sp³-hybridized carbons (Fsp3) is 0.692. The van der Waals surface area contributed by atoms with E-state index in [1.165, 1.54) is 19.3 Å². The maximum absolute atomic E-state index is 5.84. The van der Waals surface area contributed by atoms with Gasteiger partial charge in [0.2, 0.25) is 0 Å². The first kappa shape index (κ1) is 10.4. The third kappa shape index (κ3) is 2.02. The molecule has 0 radical (unpaired) electrons. The Kier molecular flexibility index (Phi) is 2.74. The molecule has 88 valence electrons. The number of hydrogen-bond donors (Lipinski definition) is 1. The lowest BCUT2D eigenvalue weighted by Crippen LogP contribution is -2.43. The molecule has 0 amide bonds. The van der Waals surface area contributed by atoms with E-state index < -0.39 is 0 Å². The first-order valence-electron chi connectivity index (χ1n) is 6.25. The van der Waals surface area contributed by atoms with Crippen LogP contribution in [0.2, 0.25) is 0 Å². The molecule has 4 atom stereocenters. The summed E-state index contributed by atoms with van der Waals surface area (Å²) in [5.74, 6) is 1.06. The van der Waals surface area contributed by atoms with Crippen molar-refractivity contribution >= 4 is 0 Å². The highest BCUT2D eigenvalue weighted by Gasteiger charge is 2.40. The van der Waals surface area contributed by atoms with Crippen LogP contribution in [0.3, 0.4) is 0 Å². The first-order chi connectivity index (χ1) is 7.81. The third-order valence-electron chi connectivity index (χ3n) is 3.69. The quantitative estimate of drug-likeness (QED) is 0.845. The molecule has 2 bridgehead atoms. The Bertz CT molecular complexity index is 336. The van der Waals surface area contributed by atoms with Crippen LogP contribution >= 0.6 is 0 Å². The predicted octanol–water partition coefficient (Wildman–Crippen LogP) is 2.12. The Labute approximate surface area is 96.2 Å². The van der Waals surface area contributed by atoms with Crippen molar-refractivity contribution in [3.8, 4) is 0 Å². The molecule has 1 N–H and O–H groups in total. The summed E-state index contributed by atoms with van der Waals surface area (Å²) in [6, 6.07) is 5.00. The molecular formula is C13H19NO2. The lowest BCUT2D eigenvalue weighted by atomic mass is 9.94. The van der Waals surface area contributed by atoms with Crippen molar-refractivity contribution in [3.63, 3.8) is 0 Å². The summed E-state index contributed by atoms with van der Waals surface area (Å²) >= 11 is 0. The first-order valence-corrected chi connectivity index (χ1v) is 6.25. The zero-order valence-electron chi connectivity index (χ0n) is 9.69. The zero-order valence-corrected chi connectivity index (χ0v) is 9.69. The minimum atomic E-state index is 0.457. The molecule has 0 aliphatic carbocycles. The molecule has 16 heavy (non-hydrogen) atoms. The summed E-state index contributed by atoms with van der Waals surface area (Å²) < 4.78 is 11.2. The topological polar surface area (TPSA) is 34.4 Å². The summed E-state index contributed by atoms with van der Waals surface area (Å²) in [6.07, 6.45) is 7.37. The Morgan fingerprint density at radius 2 is 2.44 bits per heavy atom. The average Bonchev–Trinajstić information content (AvgIpc) is 2.92. The maximum Gasteiger partial charge on any atom is 0.105 e. The highest BCUT2D eigenvalue weighted by atomic mass is 16.5. The average molecular weight is 221 g/mol. The lowest BCUT2D eigenvalue weighted by Gasteiger charge is -2.24. The molecule has 4 unspecified atom stereocenters. The van der Waals surface area contributed by atoms with Crippen molar-refractivity contribution in [1.29, 1.82) is 0 Å². The number of fused-ring (bicyclic) bond motifs is 2. The Morgan fingerprint density at radius 1 is 1.50 bits per heavy atom. The predicted molar refractivity (Wildman–Crippen MR) is 61.3 cm³/mol. The van der Waals surface area contributed by atoms with Gasteiger partial charge in [-0.05, 0) is 38.3 Å². The molecular weight excluding hydrogens is 202 g/mol. The molecule has 0 spiro atoms. The van der Waals surface area contributed by atoms with Gasteiger partial charge < -0.3 is 14.5 Å². The van der Waals surface area contributed by atoms with Crippen LogP contribution in [-0.4, -0.2) is 24.3 Å². The summed E-state index contributed by atoms with van der Waals surface area (Å²) in [5, 5.41) is 3.66. The van der Waals surface area contributed by atoms with Crippen molar-refractivity contribution in [3.05, 3.63) is 24.2 Å². The van der Waals surface area contributed by atoms with Gasteiger partial charge in [-0.1, -0.05) is 0 Å². The summed E-state index contributed by atoms with van der Waals surface area (Å²) in [4.78, 5) is 0. The van der Waals surface area contributed by atoms with Gasteiger partial charge in [0.05, 0.1) is 18.5 Å². The smallest absolute Gasteiger partial charge is 0.105 e. The van der Waals surface area contributed by atoms with Crippen molar-refractivity contribution in [2.45, 2.75) is 56.9 Å². The van der Waals surface area contributed by atoms with Crippen LogP contribution in [0, 0.1) is 0 Å². The van der Waals surface area contributed by atoms with Gasteiger partial charge in [-0.2, -0.15) is 0 Å². The van der Waals surface area contributed by atoms with Gasteiger partial charge in [-0.25, -0.2) is 0 Å². The van der Waals surface area contributed by atoms with Crippen LogP contribution in [0.4, 0.5) is 0 Å². The molecule has 2 fully saturated rings. The van der Waals surface area contributed by atoms with Crippen molar-refractivity contribution < 1.29 is 9.15 Å². The molecule has 3 heteroatoms. The fourth-order valence-corrected chi connectivity index (χ4v) is 2.97. The zero-order chi connectivity index (χ0) is 11.0. The number of nitrogens with one attached hydrogen (secondary N) is 1. The van der Waals surface area contributed by atoms with Crippen LogP contribution < -0.4 is 5.32 Å². The van der Waals surface area contributed by atoms with Crippen LogP contribution in [0.5, 0.6) is 0 Å². The standard InChI is InChI=1S/C13H19NO2/c1-9(7-10-3-2-6-15-10)14-12-8-11-4-5-13(12)16-11/h2-3,6,9,11-14H,4-5,7-8H2,1H3. The SMILES string of the molecule is CC(Cc1ccco1)NC1CC2CCC1O2. The molecule has 3 nitrogen and oxygen atoms in total. The van der Waals surface area contributed by atoms with Gasteiger partial charge in [0.1, 0.15) is 5.76 Å². The van der Waals surface area contributed by atoms with E-state index >= 15 is 0 Å². The summed E-state index contributed by atoms with van der Waals surface area (Å²) in [7, 11) is 0. The molecule has 1 aromatic rings. The highest BCUT2D eigenvalue weighted by molar-refractivity contribution is 5.01. The van der Waals surface area contributed by atoms with E-state index in [1.807, 2.05) is 12.1 Å². The van der Waals surface area contributed by atoms with Gasteiger partial charge in [-0.3, -0.25) is 0 Å². The van der Waals surface area contributed by atoms with E-state index in [1.54, 1.807) is 6.26 Å². The Hall–Kier alpha value is -0.800. The minimum absolute atomic E-state index is 0.457. The molecule has 3 heterocycles. The van der Waals surface area contributed by atoms with E-state index in [-0.39, 0.29) is 0 Å². The molecule has 2 aliphatic rings. The van der Waals surface area contributed by atoms with Crippen molar-refractivity contribution in [2.24, 2.45) is 0 Å². The Balaban J connectivity index is 1.51. The molecule has 0 saturated carbocycles. The summed E-state index contributed by atoms with van der Waals surface area (Å²) in [5.41, 5.74) is 0. The number of hydrogen-bond acceptors (Lipinski definition) is 3. The summed E-state index contributed by atoms with van der Waals surface area (Å²) in [6.45, 7) is 2.22. The molecule has 0 aromatic carbocycles. The second-order valence-corrected chi connectivity index (χ2v) is 5.07. The van der Waals surface area contributed by atoms with E-state index in [9.17, 15) is 0 Å². The number of furan rings is 1. The fourth-order valence-electron chi connectivity index (χ4n) is 2.97. The molecule has 3 rings (SSSR count). The second-order valence-electron chi connectivity index (χ2n) is 5.07. The van der Waals surface area contributed by atoms with E-state index in [0.29, 0.717) is 24.3 Å². The van der Waals surface area contributed by atoms with Crippen LogP contribution in [0.15, 0.2) is 22.8 Å². The second kappa shape index (κ2) is 4.22. The normalized spacial score (nSPS) is 34.4. The number of ether oxygens (including phenoxy) is 1. The number of rotatable bonds is 4. The largest absolute Gasteiger partial charge is 0.469 e. The third-order valence-corrected chi connectivity index (χ3v) is 3.69. The van der Waals surface area contributed by atoms with Crippen molar-refractivity contribution in [1.82, 2.24) is 5.32 Å². The van der Waals surface area contributed by atoms with Gasteiger partial charge in [0, 0.05) is 18.5 Å². The maximum atomic E-state index is 5.84. The van der Waals surface area contributed by atoms with Gasteiger partial charge in [0.15, 0.2) is 0 Å². The van der Waals surface area contributed by atoms with Crippen LogP contribution in [-0.2, 0) is 11.2 Å². The lowest BCUT2D eigenvalue weighted by molar-refractivity contribution is 0.0961. The van der Waals surface area contributed by atoms with Gasteiger partial charge in [-0.15, -0.1) is 0 Å². The van der Waals surface area contributed by atoms with E-state index in [4.69, 9.17) is 9.15 Å². The Morgan fingerprint density at radius 3 is 3.06 bits per heavy atom. The van der Waals surface area contributed by atoms with E-state index in [2.05, 4.69) is 12.2 Å². The van der Waals surface area contributed by atoms with Crippen molar-refractivity contribution in [2.75, 3.05) is 0 Å². The van der Waals surface area contributed by atoms with Crippen LogP contribution in [0.1, 0.15) is 31.9 Å². The van der Waals surface area contributed by atoms with Crippen LogP contribution in [0.25, 0.3) is 0 Å².